The Morgan fingerprint density at radius 1 is 1.12 bits per heavy atom. The molecular weight excluding hydrogens is 488 g/mol. The summed E-state index contributed by atoms with van der Waals surface area (Å²) in [7, 11) is 0. The van der Waals surface area contributed by atoms with Crippen LogP contribution < -0.4 is 0 Å². The third kappa shape index (κ3) is 4.76. The second-order valence-electron chi connectivity index (χ2n) is 5.27. The molecular formula is C18H13Br2ClN2OS. The van der Waals surface area contributed by atoms with Gasteiger partial charge < -0.3 is 4.57 Å². The summed E-state index contributed by atoms with van der Waals surface area (Å²) in [6, 6.07) is 14.9. The number of thioether (sulfide) groups is 1. The standard InChI is InChI=1S/C18H13Br2ClN2OS/c19-14-5-1-12(2-6-14)16(17(20)23-10-9-22-11-23)25-18(24)13-3-7-15(21)8-4-13/h1-11,16-17H. The van der Waals surface area contributed by atoms with Crippen LogP contribution in [0.1, 0.15) is 26.1 Å². The molecule has 25 heavy (non-hydrogen) atoms. The summed E-state index contributed by atoms with van der Waals surface area (Å²) in [5, 5.41) is 0.488. The summed E-state index contributed by atoms with van der Waals surface area (Å²) in [5.74, 6) is 0. The fourth-order valence-corrected chi connectivity index (χ4v) is 4.59. The maximum atomic E-state index is 12.7. The molecule has 2 unspecified atom stereocenters. The van der Waals surface area contributed by atoms with Gasteiger partial charge in [-0.1, -0.05) is 67.4 Å². The van der Waals surface area contributed by atoms with Crippen LogP contribution in [0.5, 0.6) is 0 Å². The minimum atomic E-state index is -0.120. The number of carbonyl (C=O) groups excluding carboxylic acids is 1. The van der Waals surface area contributed by atoms with Gasteiger partial charge in [-0.15, -0.1) is 0 Å². The van der Waals surface area contributed by atoms with Crippen LogP contribution in [-0.4, -0.2) is 14.7 Å². The monoisotopic (exact) mass is 498 g/mol. The molecule has 2 aromatic carbocycles. The summed E-state index contributed by atoms with van der Waals surface area (Å²) in [4.78, 5) is 16.7. The number of imidazole rings is 1. The van der Waals surface area contributed by atoms with Crippen molar-refractivity contribution in [3.63, 3.8) is 0 Å². The van der Waals surface area contributed by atoms with Crippen LogP contribution in [0.3, 0.4) is 0 Å². The highest BCUT2D eigenvalue weighted by atomic mass is 79.9. The Labute approximate surface area is 172 Å². The first-order valence-electron chi connectivity index (χ1n) is 7.38. The second-order valence-corrected chi connectivity index (χ2v) is 8.67. The number of benzene rings is 2. The highest BCUT2D eigenvalue weighted by Crippen LogP contribution is 2.44. The van der Waals surface area contributed by atoms with Crippen molar-refractivity contribution in [2.45, 2.75) is 10.2 Å². The maximum Gasteiger partial charge on any atom is 0.220 e. The molecule has 3 aromatic rings. The molecule has 0 bridgehead atoms. The maximum absolute atomic E-state index is 12.7. The van der Waals surface area contributed by atoms with E-state index in [4.69, 9.17) is 11.6 Å². The first-order valence-corrected chi connectivity index (χ1v) is 10.3. The van der Waals surface area contributed by atoms with Crippen LogP contribution >= 0.6 is 55.2 Å². The van der Waals surface area contributed by atoms with E-state index in [9.17, 15) is 4.79 Å². The fourth-order valence-electron chi connectivity index (χ4n) is 2.28. The van der Waals surface area contributed by atoms with Crippen molar-refractivity contribution in [1.29, 1.82) is 0 Å². The molecule has 0 aliphatic rings. The molecule has 7 heteroatoms. The number of aromatic nitrogens is 2. The average molecular weight is 501 g/mol. The van der Waals surface area contributed by atoms with Gasteiger partial charge in [0.1, 0.15) is 4.95 Å². The summed E-state index contributed by atoms with van der Waals surface area (Å²) in [5.41, 5.74) is 1.67. The Kier molecular flexibility index (Phi) is 6.39. The van der Waals surface area contributed by atoms with Crippen LogP contribution in [0.4, 0.5) is 0 Å². The Bertz CT molecular complexity index is 839. The molecule has 3 rings (SSSR count). The van der Waals surface area contributed by atoms with Crippen LogP contribution in [0.2, 0.25) is 5.02 Å². The fraction of sp³-hybridized carbons (Fsp3) is 0.111. The molecule has 1 aromatic heterocycles. The third-order valence-corrected chi connectivity index (χ3v) is 6.94. The van der Waals surface area contributed by atoms with Gasteiger partial charge in [-0.2, -0.15) is 0 Å². The molecule has 0 N–H and O–H groups in total. The van der Waals surface area contributed by atoms with Crippen molar-refractivity contribution in [1.82, 2.24) is 9.55 Å². The zero-order valence-electron chi connectivity index (χ0n) is 12.9. The largest absolute Gasteiger partial charge is 0.323 e. The van der Waals surface area contributed by atoms with Gasteiger partial charge in [0.25, 0.3) is 0 Å². The summed E-state index contributed by atoms with van der Waals surface area (Å²) in [6.07, 6.45) is 5.33. The number of halogens is 3. The predicted molar refractivity (Wildman–Crippen MR) is 110 cm³/mol. The number of carbonyl (C=O) groups is 1. The Hall–Kier alpha value is -1.08. The van der Waals surface area contributed by atoms with Crippen molar-refractivity contribution in [3.8, 4) is 0 Å². The lowest BCUT2D eigenvalue weighted by molar-refractivity contribution is 0.108. The van der Waals surface area contributed by atoms with Crippen molar-refractivity contribution in [3.05, 3.63) is 87.9 Å². The van der Waals surface area contributed by atoms with E-state index in [-0.39, 0.29) is 15.3 Å². The summed E-state index contributed by atoms with van der Waals surface area (Å²) in [6.45, 7) is 0. The molecule has 1 heterocycles. The van der Waals surface area contributed by atoms with Gasteiger partial charge in [-0.3, -0.25) is 4.79 Å². The average Bonchev–Trinajstić information content (AvgIpc) is 3.15. The first kappa shape index (κ1) is 18.7. The normalized spacial score (nSPS) is 13.4. The summed E-state index contributed by atoms with van der Waals surface area (Å²) < 4.78 is 2.94. The van der Waals surface area contributed by atoms with E-state index >= 15 is 0 Å². The molecule has 2 atom stereocenters. The smallest absolute Gasteiger partial charge is 0.220 e. The van der Waals surface area contributed by atoms with E-state index in [1.807, 2.05) is 35.0 Å². The quantitative estimate of drug-likeness (QED) is 0.375. The number of hydrogen-bond acceptors (Lipinski definition) is 3. The molecule has 0 fully saturated rings. The highest BCUT2D eigenvalue weighted by Gasteiger charge is 2.26. The van der Waals surface area contributed by atoms with E-state index in [0.717, 1.165) is 10.0 Å². The van der Waals surface area contributed by atoms with Crippen molar-refractivity contribution >= 4 is 60.3 Å². The number of rotatable bonds is 5. The van der Waals surface area contributed by atoms with E-state index in [2.05, 4.69) is 36.8 Å². The second kappa shape index (κ2) is 8.54. The van der Waals surface area contributed by atoms with E-state index in [1.54, 1.807) is 36.8 Å². The molecule has 128 valence electrons. The number of nitrogens with zero attached hydrogens (tertiary/aromatic N) is 2. The Balaban J connectivity index is 1.89. The lowest BCUT2D eigenvalue weighted by Crippen LogP contribution is -2.11. The van der Waals surface area contributed by atoms with Gasteiger partial charge in [0.05, 0.1) is 11.6 Å². The number of hydrogen-bond donors (Lipinski definition) is 0. The van der Waals surface area contributed by atoms with Crippen molar-refractivity contribution in [2.75, 3.05) is 0 Å². The molecule has 0 radical (unpaired) electrons. The van der Waals surface area contributed by atoms with Gasteiger partial charge in [0.15, 0.2) is 0 Å². The molecule has 3 nitrogen and oxygen atoms in total. The van der Waals surface area contributed by atoms with Gasteiger partial charge in [-0.25, -0.2) is 4.98 Å². The molecule has 0 amide bonds. The Morgan fingerprint density at radius 2 is 1.80 bits per heavy atom. The van der Waals surface area contributed by atoms with E-state index in [1.165, 1.54) is 11.8 Å². The zero-order valence-corrected chi connectivity index (χ0v) is 17.6. The minimum absolute atomic E-state index is 0.00542. The molecule has 0 aliphatic carbocycles. The first-order chi connectivity index (χ1) is 12.0. The SMILES string of the molecule is O=C(SC(c1ccc(Br)cc1)C(Br)n1ccnc1)c1ccc(Cl)cc1. The van der Waals surface area contributed by atoms with E-state index < -0.39 is 0 Å². The van der Waals surface area contributed by atoms with Crippen molar-refractivity contribution in [2.24, 2.45) is 0 Å². The van der Waals surface area contributed by atoms with Crippen molar-refractivity contribution < 1.29 is 4.79 Å². The molecule has 0 aliphatic heterocycles. The predicted octanol–water partition coefficient (Wildman–Crippen LogP) is 6.51. The van der Waals surface area contributed by atoms with Crippen LogP contribution in [0.25, 0.3) is 0 Å². The molecule has 0 saturated heterocycles. The summed E-state index contributed by atoms with van der Waals surface area (Å²) >= 11 is 14.4. The van der Waals surface area contributed by atoms with Gasteiger partial charge in [0, 0.05) is 27.5 Å². The highest BCUT2D eigenvalue weighted by molar-refractivity contribution is 9.10. The van der Waals surface area contributed by atoms with Gasteiger partial charge in [0.2, 0.25) is 5.12 Å². The van der Waals surface area contributed by atoms with Crippen LogP contribution in [0, 0.1) is 0 Å². The Morgan fingerprint density at radius 3 is 2.40 bits per heavy atom. The topological polar surface area (TPSA) is 34.9 Å². The van der Waals surface area contributed by atoms with Crippen LogP contribution in [-0.2, 0) is 0 Å². The lowest BCUT2D eigenvalue weighted by Gasteiger charge is -2.23. The molecule has 0 spiro atoms. The van der Waals surface area contributed by atoms with E-state index in [0.29, 0.717) is 10.6 Å². The van der Waals surface area contributed by atoms with Gasteiger partial charge in [-0.05, 0) is 42.0 Å². The van der Waals surface area contributed by atoms with Gasteiger partial charge >= 0.3 is 0 Å². The van der Waals surface area contributed by atoms with Crippen LogP contribution in [0.15, 0.2) is 71.7 Å². The number of alkyl halides is 1. The molecule has 0 saturated carbocycles. The third-order valence-electron chi connectivity index (χ3n) is 3.57. The minimum Gasteiger partial charge on any atom is -0.323 e. The lowest BCUT2D eigenvalue weighted by atomic mass is 10.1. The zero-order chi connectivity index (χ0) is 17.8.